The molecular weight excluding hydrogens is 204 g/mol. The van der Waals surface area contributed by atoms with Crippen molar-refractivity contribution in [3.05, 3.63) is 30.3 Å². The van der Waals surface area contributed by atoms with Crippen LogP contribution in [0.5, 0.6) is 5.75 Å². The molecule has 1 aliphatic heterocycles. The van der Waals surface area contributed by atoms with Crippen LogP contribution in [-0.2, 0) is 4.79 Å². The third-order valence-corrected chi connectivity index (χ3v) is 2.50. The van der Waals surface area contributed by atoms with Gasteiger partial charge in [0.15, 0.2) is 6.61 Å². The topological polar surface area (TPSA) is 41.6 Å². The molecule has 4 nitrogen and oxygen atoms in total. The molecule has 1 aromatic carbocycles. The van der Waals surface area contributed by atoms with Crippen LogP contribution in [0.15, 0.2) is 30.3 Å². The van der Waals surface area contributed by atoms with E-state index in [4.69, 9.17) is 4.74 Å². The molecule has 1 N–H and O–H groups in total. The molecule has 16 heavy (non-hydrogen) atoms. The summed E-state index contributed by atoms with van der Waals surface area (Å²) in [5, 5.41) is 1.94. The molecule has 0 bridgehead atoms. The van der Waals surface area contributed by atoms with Gasteiger partial charge < -0.3 is 4.74 Å². The van der Waals surface area contributed by atoms with E-state index in [0.717, 1.165) is 31.7 Å². The smallest absolute Gasteiger partial charge is 0.272 e. The zero-order valence-electron chi connectivity index (χ0n) is 9.19. The molecular formula is C12H16N2O2. The monoisotopic (exact) mass is 220 g/mol. The van der Waals surface area contributed by atoms with Crippen LogP contribution < -0.4 is 10.2 Å². The highest BCUT2D eigenvalue weighted by atomic mass is 16.5. The van der Waals surface area contributed by atoms with Crippen molar-refractivity contribution in [2.75, 3.05) is 19.7 Å². The summed E-state index contributed by atoms with van der Waals surface area (Å²) in [5.41, 5.74) is 2.82. The molecule has 0 atom stereocenters. The number of para-hydroxylation sites is 1. The number of amides is 1. The molecule has 1 saturated heterocycles. The Bertz CT molecular complexity index is 334. The number of hydrogen-bond donors (Lipinski definition) is 1. The predicted molar refractivity (Wildman–Crippen MR) is 60.9 cm³/mol. The lowest BCUT2D eigenvalue weighted by molar-refractivity contribution is -0.127. The lowest BCUT2D eigenvalue weighted by atomic mass is 10.3. The summed E-state index contributed by atoms with van der Waals surface area (Å²) >= 11 is 0. The van der Waals surface area contributed by atoms with E-state index in [9.17, 15) is 4.79 Å². The van der Waals surface area contributed by atoms with Crippen molar-refractivity contribution >= 4 is 5.91 Å². The van der Waals surface area contributed by atoms with Crippen molar-refractivity contribution in [2.45, 2.75) is 12.8 Å². The van der Waals surface area contributed by atoms with E-state index in [0.29, 0.717) is 0 Å². The minimum absolute atomic E-state index is 0.0700. The Morgan fingerprint density at radius 3 is 2.62 bits per heavy atom. The lowest BCUT2D eigenvalue weighted by Crippen LogP contribution is -2.42. The van der Waals surface area contributed by atoms with Gasteiger partial charge in [0.1, 0.15) is 5.75 Å². The molecule has 1 amide bonds. The van der Waals surface area contributed by atoms with Crippen LogP contribution >= 0.6 is 0 Å². The number of nitrogens with zero attached hydrogens (tertiary/aromatic N) is 1. The fraction of sp³-hybridized carbons (Fsp3) is 0.417. The minimum atomic E-state index is -0.0919. The van der Waals surface area contributed by atoms with E-state index < -0.39 is 0 Å². The molecule has 0 aromatic heterocycles. The van der Waals surface area contributed by atoms with Gasteiger partial charge in [0.05, 0.1) is 0 Å². The second-order valence-corrected chi connectivity index (χ2v) is 3.83. The van der Waals surface area contributed by atoms with Gasteiger partial charge in [-0.05, 0) is 25.0 Å². The quantitative estimate of drug-likeness (QED) is 0.828. The Morgan fingerprint density at radius 1 is 1.25 bits per heavy atom. The zero-order valence-corrected chi connectivity index (χ0v) is 9.19. The van der Waals surface area contributed by atoms with Gasteiger partial charge in [0.25, 0.3) is 5.91 Å². The van der Waals surface area contributed by atoms with E-state index in [2.05, 4.69) is 5.43 Å². The number of ether oxygens (including phenoxy) is 1. The first-order chi connectivity index (χ1) is 7.84. The van der Waals surface area contributed by atoms with Crippen LogP contribution in [-0.4, -0.2) is 30.6 Å². The number of hydrogen-bond acceptors (Lipinski definition) is 3. The molecule has 2 rings (SSSR count). The average Bonchev–Trinajstić information content (AvgIpc) is 2.81. The van der Waals surface area contributed by atoms with E-state index >= 15 is 0 Å². The summed E-state index contributed by atoms with van der Waals surface area (Å²) < 4.78 is 5.34. The van der Waals surface area contributed by atoms with Gasteiger partial charge >= 0.3 is 0 Å². The van der Waals surface area contributed by atoms with Gasteiger partial charge in [-0.3, -0.25) is 10.2 Å². The Labute approximate surface area is 95.2 Å². The summed E-state index contributed by atoms with van der Waals surface area (Å²) in [7, 11) is 0. The first-order valence-electron chi connectivity index (χ1n) is 5.57. The largest absolute Gasteiger partial charge is 0.484 e. The van der Waals surface area contributed by atoms with Crippen molar-refractivity contribution in [1.29, 1.82) is 0 Å². The molecule has 1 aromatic rings. The molecule has 1 fully saturated rings. The van der Waals surface area contributed by atoms with E-state index in [-0.39, 0.29) is 12.5 Å². The number of rotatable bonds is 4. The third-order valence-electron chi connectivity index (χ3n) is 2.50. The van der Waals surface area contributed by atoms with E-state index in [1.807, 2.05) is 35.3 Å². The van der Waals surface area contributed by atoms with Crippen LogP contribution in [0.3, 0.4) is 0 Å². The van der Waals surface area contributed by atoms with Crippen molar-refractivity contribution in [1.82, 2.24) is 10.4 Å². The fourth-order valence-corrected chi connectivity index (χ4v) is 1.70. The normalized spacial score (nSPS) is 16.0. The zero-order chi connectivity index (χ0) is 11.2. The molecule has 0 unspecified atom stereocenters. The van der Waals surface area contributed by atoms with Crippen molar-refractivity contribution in [2.24, 2.45) is 0 Å². The summed E-state index contributed by atoms with van der Waals surface area (Å²) in [6.45, 7) is 1.95. The molecule has 1 heterocycles. The highest BCUT2D eigenvalue weighted by Gasteiger charge is 2.13. The van der Waals surface area contributed by atoms with Crippen LogP contribution in [0.4, 0.5) is 0 Å². The lowest BCUT2D eigenvalue weighted by Gasteiger charge is -2.16. The minimum Gasteiger partial charge on any atom is -0.484 e. The molecule has 0 saturated carbocycles. The number of carbonyl (C=O) groups excluding carboxylic acids is 1. The maximum absolute atomic E-state index is 11.5. The SMILES string of the molecule is O=C(COc1ccccc1)NN1CCCC1. The Balaban J connectivity index is 1.71. The summed E-state index contributed by atoms with van der Waals surface area (Å²) in [6.07, 6.45) is 2.31. The third kappa shape index (κ3) is 3.24. The Kier molecular flexibility index (Phi) is 3.77. The van der Waals surface area contributed by atoms with Gasteiger partial charge in [-0.2, -0.15) is 0 Å². The average molecular weight is 220 g/mol. The van der Waals surface area contributed by atoms with Crippen molar-refractivity contribution in [3.63, 3.8) is 0 Å². The summed E-state index contributed by atoms with van der Waals surface area (Å²) in [5.74, 6) is 0.629. The second-order valence-electron chi connectivity index (χ2n) is 3.83. The van der Waals surface area contributed by atoms with Crippen LogP contribution in [0, 0.1) is 0 Å². The highest BCUT2D eigenvalue weighted by molar-refractivity contribution is 5.77. The number of hydrazine groups is 1. The van der Waals surface area contributed by atoms with Crippen LogP contribution in [0.1, 0.15) is 12.8 Å². The first-order valence-corrected chi connectivity index (χ1v) is 5.57. The maximum atomic E-state index is 11.5. The number of carbonyl (C=O) groups is 1. The van der Waals surface area contributed by atoms with Gasteiger partial charge in [-0.15, -0.1) is 0 Å². The number of nitrogens with one attached hydrogen (secondary N) is 1. The van der Waals surface area contributed by atoms with Crippen LogP contribution in [0.2, 0.25) is 0 Å². The van der Waals surface area contributed by atoms with E-state index in [1.165, 1.54) is 0 Å². The maximum Gasteiger partial charge on any atom is 0.272 e. The summed E-state index contributed by atoms with van der Waals surface area (Å²) in [4.78, 5) is 11.5. The molecule has 0 radical (unpaired) electrons. The Hall–Kier alpha value is -1.55. The van der Waals surface area contributed by atoms with Crippen molar-refractivity contribution in [3.8, 4) is 5.75 Å². The van der Waals surface area contributed by atoms with Gasteiger partial charge in [0, 0.05) is 13.1 Å². The standard InChI is InChI=1S/C12H16N2O2/c15-12(13-14-8-4-5-9-14)10-16-11-6-2-1-3-7-11/h1-3,6-7H,4-5,8-10H2,(H,13,15). The van der Waals surface area contributed by atoms with Gasteiger partial charge in [-0.1, -0.05) is 18.2 Å². The van der Waals surface area contributed by atoms with E-state index in [1.54, 1.807) is 0 Å². The molecule has 1 aliphatic rings. The second kappa shape index (κ2) is 5.51. The molecule has 0 spiro atoms. The number of benzene rings is 1. The highest BCUT2D eigenvalue weighted by Crippen LogP contribution is 2.08. The van der Waals surface area contributed by atoms with Crippen molar-refractivity contribution < 1.29 is 9.53 Å². The first kappa shape index (κ1) is 11.0. The fourth-order valence-electron chi connectivity index (χ4n) is 1.70. The molecule has 0 aliphatic carbocycles. The van der Waals surface area contributed by atoms with Gasteiger partial charge in [0.2, 0.25) is 0 Å². The van der Waals surface area contributed by atoms with Gasteiger partial charge in [-0.25, -0.2) is 5.01 Å². The Morgan fingerprint density at radius 2 is 1.94 bits per heavy atom. The summed E-state index contributed by atoms with van der Waals surface area (Å²) in [6, 6.07) is 9.35. The van der Waals surface area contributed by atoms with Crippen LogP contribution in [0.25, 0.3) is 0 Å². The molecule has 86 valence electrons. The predicted octanol–water partition coefficient (Wildman–Crippen LogP) is 1.19. The molecule has 4 heteroatoms.